The molecular weight excluding hydrogens is 394 g/mol. The molecular formula is C25H27NO3S. The van der Waals surface area contributed by atoms with Crippen LogP contribution in [0.1, 0.15) is 35.3 Å². The standard InChI is InChI=1S/C25H27NO3S/c1-3-24(19-9-13-21(28-2)14-10-19)26-25(27)20-11-15-22(16-12-20)29-17-18-30-23-7-5-4-6-8-23/h4-16,24H,3,17-18H2,1-2H3,(H,26,27)/t24-/m0/s1. The molecule has 0 radical (unpaired) electrons. The number of hydrogen-bond acceptors (Lipinski definition) is 4. The Morgan fingerprint density at radius 3 is 2.23 bits per heavy atom. The van der Waals surface area contributed by atoms with Gasteiger partial charge in [0.15, 0.2) is 0 Å². The number of amides is 1. The minimum absolute atomic E-state index is 0.0469. The molecule has 0 bridgehead atoms. The van der Waals surface area contributed by atoms with Gasteiger partial charge in [-0.3, -0.25) is 4.79 Å². The molecule has 0 aliphatic carbocycles. The zero-order valence-electron chi connectivity index (χ0n) is 17.3. The number of rotatable bonds is 10. The molecule has 3 aromatic rings. The van der Waals surface area contributed by atoms with Crippen LogP contribution in [0.25, 0.3) is 0 Å². The normalized spacial score (nSPS) is 11.5. The Bertz CT molecular complexity index is 911. The van der Waals surface area contributed by atoms with Crippen molar-refractivity contribution < 1.29 is 14.3 Å². The molecule has 1 N–H and O–H groups in total. The van der Waals surface area contributed by atoms with Crippen molar-refractivity contribution in [3.63, 3.8) is 0 Å². The van der Waals surface area contributed by atoms with Crippen LogP contribution in [0.15, 0.2) is 83.8 Å². The minimum atomic E-state index is -0.0937. The maximum absolute atomic E-state index is 12.7. The van der Waals surface area contributed by atoms with Crippen LogP contribution in [-0.2, 0) is 0 Å². The molecule has 0 fully saturated rings. The zero-order chi connectivity index (χ0) is 21.2. The molecule has 3 aromatic carbocycles. The second kappa shape index (κ2) is 11.3. The molecule has 30 heavy (non-hydrogen) atoms. The van der Waals surface area contributed by atoms with E-state index in [4.69, 9.17) is 9.47 Å². The topological polar surface area (TPSA) is 47.6 Å². The third kappa shape index (κ3) is 6.29. The van der Waals surface area contributed by atoms with E-state index in [0.29, 0.717) is 12.2 Å². The number of methoxy groups -OCH3 is 1. The summed E-state index contributed by atoms with van der Waals surface area (Å²) in [6.45, 7) is 2.67. The van der Waals surface area contributed by atoms with Crippen molar-refractivity contribution in [1.29, 1.82) is 0 Å². The first-order chi connectivity index (χ1) is 14.7. The van der Waals surface area contributed by atoms with Crippen molar-refractivity contribution in [1.82, 2.24) is 5.32 Å². The Morgan fingerprint density at radius 2 is 1.60 bits per heavy atom. The average Bonchev–Trinajstić information content (AvgIpc) is 2.81. The van der Waals surface area contributed by atoms with Crippen LogP contribution >= 0.6 is 11.8 Å². The number of carbonyl (C=O) groups excluding carboxylic acids is 1. The highest BCUT2D eigenvalue weighted by molar-refractivity contribution is 7.99. The summed E-state index contributed by atoms with van der Waals surface area (Å²) in [5.74, 6) is 2.34. The quantitative estimate of drug-likeness (QED) is 0.335. The van der Waals surface area contributed by atoms with E-state index in [2.05, 4.69) is 24.4 Å². The fraction of sp³-hybridized carbons (Fsp3) is 0.240. The fourth-order valence-electron chi connectivity index (χ4n) is 3.04. The Hall–Kier alpha value is -2.92. The number of ether oxygens (including phenoxy) is 2. The maximum atomic E-state index is 12.7. The number of nitrogens with one attached hydrogen (secondary N) is 1. The SMILES string of the molecule is CC[C@H](NC(=O)c1ccc(OCCSc2ccccc2)cc1)c1ccc(OC)cc1. The zero-order valence-corrected chi connectivity index (χ0v) is 18.2. The van der Waals surface area contributed by atoms with Crippen LogP contribution in [0.4, 0.5) is 0 Å². The predicted octanol–water partition coefficient (Wildman–Crippen LogP) is 5.75. The third-order valence-corrected chi connectivity index (χ3v) is 5.69. The molecule has 1 amide bonds. The number of carbonyl (C=O) groups is 1. The van der Waals surface area contributed by atoms with Crippen molar-refractivity contribution in [3.8, 4) is 11.5 Å². The van der Waals surface area contributed by atoms with Crippen molar-refractivity contribution >= 4 is 17.7 Å². The molecule has 156 valence electrons. The van der Waals surface area contributed by atoms with Gasteiger partial charge in [-0.15, -0.1) is 11.8 Å². The Morgan fingerprint density at radius 1 is 0.933 bits per heavy atom. The van der Waals surface area contributed by atoms with Crippen LogP contribution in [0.2, 0.25) is 0 Å². The Labute approximate surface area is 182 Å². The lowest BCUT2D eigenvalue weighted by Gasteiger charge is -2.18. The monoisotopic (exact) mass is 421 g/mol. The van der Waals surface area contributed by atoms with E-state index in [1.165, 1.54) is 4.90 Å². The first-order valence-electron chi connectivity index (χ1n) is 10.0. The smallest absolute Gasteiger partial charge is 0.251 e. The lowest BCUT2D eigenvalue weighted by Crippen LogP contribution is -2.28. The van der Waals surface area contributed by atoms with Crippen LogP contribution < -0.4 is 14.8 Å². The van der Waals surface area contributed by atoms with E-state index in [0.717, 1.165) is 29.2 Å². The van der Waals surface area contributed by atoms with E-state index < -0.39 is 0 Å². The summed E-state index contributed by atoms with van der Waals surface area (Å²) in [4.78, 5) is 13.9. The van der Waals surface area contributed by atoms with Crippen LogP contribution in [0.5, 0.6) is 11.5 Å². The van der Waals surface area contributed by atoms with Gasteiger partial charge in [0.25, 0.3) is 5.91 Å². The van der Waals surface area contributed by atoms with E-state index in [1.807, 2.05) is 54.6 Å². The number of hydrogen-bond donors (Lipinski definition) is 1. The number of benzene rings is 3. The van der Waals surface area contributed by atoms with Gasteiger partial charge in [0.05, 0.1) is 19.8 Å². The summed E-state index contributed by atoms with van der Waals surface area (Å²) in [6.07, 6.45) is 0.804. The Kier molecular flexibility index (Phi) is 8.21. The highest BCUT2D eigenvalue weighted by Crippen LogP contribution is 2.21. The molecule has 0 aromatic heterocycles. The molecule has 0 spiro atoms. The molecule has 0 heterocycles. The van der Waals surface area contributed by atoms with Crippen LogP contribution in [0, 0.1) is 0 Å². The van der Waals surface area contributed by atoms with Gasteiger partial charge in [0, 0.05) is 16.2 Å². The summed E-state index contributed by atoms with van der Waals surface area (Å²) in [5, 5.41) is 3.10. The van der Waals surface area contributed by atoms with Gasteiger partial charge >= 0.3 is 0 Å². The van der Waals surface area contributed by atoms with E-state index >= 15 is 0 Å². The second-order valence-electron chi connectivity index (χ2n) is 6.74. The highest BCUT2D eigenvalue weighted by Gasteiger charge is 2.14. The van der Waals surface area contributed by atoms with Crippen molar-refractivity contribution in [2.24, 2.45) is 0 Å². The first-order valence-corrected chi connectivity index (χ1v) is 11.0. The van der Waals surface area contributed by atoms with Gasteiger partial charge < -0.3 is 14.8 Å². The molecule has 0 aliphatic heterocycles. The molecule has 0 aliphatic rings. The van der Waals surface area contributed by atoms with E-state index in [9.17, 15) is 4.79 Å². The molecule has 0 unspecified atom stereocenters. The molecule has 0 saturated heterocycles. The largest absolute Gasteiger partial charge is 0.497 e. The summed E-state index contributed by atoms with van der Waals surface area (Å²) >= 11 is 1.76. The minimum Gasteiger partial charge on any atom is -0.497 e. The average molecular weight is 422 g/mol. The van der Waals surface area contributed by atoms with Gasteiger partial charge in [-0.05, 0) is 60.5 Å². The lowest BCUT2D eigenvalue weighted by atomic mass is 10.0. The maximum Gasteiger partial charge on any atom is 0.251 e. The van der Waals surface area contributed by atoms with Crippen molar-refractivity contribution in [2.75, 3.05) is 19.5 Å². The molecule has 3 rings (SSSR count). The summed E-state index contributed by atoms with van der Waals surface area (Å²) in [6, 6.07) is 25.3. The first kappa shape index (κ1) is 21.8. The van der Waals surface area contributed by atoms with Gasteiger partial charge in [-0.1, -0.05) is 37.3 Å². The van der Waals surface area contributed by atoms with Crippen molar-refractivity contribution in [3.05, 3.63) is 90.0 Å². The molecule has 4 nitrogen and oxygen atoms in total. The van der Waals surface area contributed by atoms with Crippen LogP contribution in [-0.4, -0.2) is 25.4 Å². The molecule has 0 saturated carbocycles. The fourth-order valence-corrected chi connectivity index (χ4v) is 3.79. The predicted molar refractivity (Wildman–Crippen MR) is 123 cm³/mol. The molecule has 1 atom stereocenters. The third-order valence-electron chi connectivity index (χ3n) is 4.71. The summed E-state index contributed by atoms with van der Waals surface area (Å²) in [5.41, 5.74) is 1.68. The van der Waals surface area contributed by atoms with Gasteiger partial charge in [0.2, 0.25) is 0 Å². The lowest BCUT2D eigenvalue weighted by molar-refractivity contribution is 0.0935. The van der Waals surface area contributed by atoms with Crippen LogP contribution in [0.3, 0.4) is 0 Å². The van der Waals surface area contributed by atoms with Gasteiger partial charge in [-0.2, -0.15) is 0 Å². The van der Waals surface area contributed by atoms with Crippen molar-refractivity contribution in [2.45, 2.75) is 24.3 Å². The van der Waals surface area contributed by atoms with E-state index in [1.54, 1.807) is 31.0 Å². The number of thioether (sulfide) groups is 1. The van der Waals surface area contributed by atoms with E-state index in [-0.39, 0.29) is 11.9 Å². The second-order valence-corrected chi connectivity index (χ2v) is 7.91. The van der Waals surface area contributed by atoms with Gasteiger partial charge in [0.1, 0.15) is 11.5 Å². The summed E-state index contributed by atoms with van der Waals surface area (Å²) in [7, 11) is 1.64. The summed E-state index contributed by atoms with van der Waals surface area (Å²) < 4.78 is 11.0. The molecule has 5 heteroatoms. The van der Waals surface area contributed by atoms with Gasteiger partial charge in [-0.25, -0.2) is 0 Å². The highest BCUT2D eigenvalue weighted by atomic mass is 32.2. The Balaban J connectivity index is 1.49.